The SMILES string of the molecule is C=C(O)CC(=O)CC(C)=O. The number of aliphatic hydroxyl groups is 1. The predicted molar refractivity (Wildman–Crippen MR) is 36.7 cm³/mol. The van der Waals surface area contributed by atoms with Gasteiger partial charge in [0.25, 0.3) is 0 Å². The molecule has 1 N–H and O–H groups in total. The molecule has 3 nitrogen and oxygen atoms in total. The number of allylic oxidation sites excluding steroid dienone is 1. The fraction of sp³-hybridized carbons (Fsp3) is 0.429. The van der Waals surface area contributed by atoms with Crippen LogP contribution >= 0.6 is 0 Å². The first-order valence-corrected chi connectivity index (χ1v) is 2.90. The first-order valence-electron chi connectivity index (χ1n) is 2.90. The van der Waals surface area contributed by atoms with Crippen molar-refractivity contribution in [1.82, 2.24) is 0 Å². The number of hydrogen-bond acceptors (Lipinski definition) is 3. The van der Waals surface area contributed by atoms with Gasteiger partial charge >= 0.3 is 0 Å². The van der Waals surface area contributed by atoms with Crippen LogP contribution in [0.3, 0.4) is 0 Å². The van der Waals surface area contributed by atoms with E-state index in [1.165, 1.54) is 6.92 Å². The second kappa shape index (κ2) is 3.82. The van der Waals surface area contributed by atoms with Crippen molar-refractivity contribution in [2.45, 2.75) is 19.8 Å². The molecule has 56 valence electrons. The highest BCUT2D eigenvalue weighted by Crippen LogP contribution is 1.97. The van der Waals surface area contributed by atoms with E-state index in [9.17, 15) is 9.59 Å². The molecule has 0 rings (SSSR count). The highest BCUT2D eigenvalue weighted by molar-refractivity contribution is 5.98. The third kappa shape index (κ3) is 5.03. The first-order chi connectivity index (χ1) is 4.52. The Morgan fingerprint density at radius 2 is 1.90 bits per heavy atom. The van der Waals surface area contributed by atoms with Gasteiger partial charge in [-0.15, -0.1) is 0 Å². The van der Waals surface area contributed by atoms with Gasteiger partial charge in [-0.3, -0.25) is 9.59 Å². The lowest BCUT2D eigenvalue weighted by molar-refractivity contribution is -0.125. The topological polar surface area (TPSA) is 54.4 Å². The van der Waals surface area contributed by atoms with Crippen LogP contribution in [0, 0.1) is 0 Å². The Kier molecular flexibility index (Phi) is 3.39. The highest BCUT2D eigenvalue weighted by Gasteiger charge is 2.05. The fourth-order valence-electron chi connectivity index (χ4n) is 0.568. The molecule has 0 aromatic rings. The summed E-state index contributed by atoms with van der Waals surface area (Å²) in [6.07, 6.45) is -0.223. The molecule has 0 aliphatic rings. The van der Waals surface area contributed by atoms with Crippen molar-refractivity contribution in [2.75, 3.05) is 0 Å². The Morgan fingerprint density at radius 3 is 2.20 bits per heavy atom. The molecule has 0 aliphatic heterocycles. The average molecular weight is 142 g/mol. The zero-order valence-corrected chi connectivity index (χ0v) is 5.89. The number of Topliss-reactive ketones (excluding diaryl/α,β-unsaturated/α-hetero) is 2. The van der Waals surface area contributed by atoms with Crippen molar-refractivity contribution in [3.05, 3.63) is 12.3 Å². The van der Waals surface area contributed by atoms with Gasteiger partial charge in [0.15, 0.2) is 0 Å². The predicted octanol–water partition coefficient (Wildman–Crippen LogP) is 0.996. The van der Waals surface area contributed by atoms with Crippen molar-refractivity contribution in [3.8, 4) is 0 Å². The normalized spacial score (nSPS) is 8.90. The smallest absolute Gasteiger partial charge is 0.147 e. The lowest BCUT2D eigenvalue weighted by Crippen LogP contribution is -2.04. The molecule has 10 heavy (non-hydrogen) atoms. The molecule has 0 spiro atoms. The van der Waals surface area contributed by atoms with Crippen molar-refractivity contribution in [2.24, 2.45) is 0 Å². The van der Waals surface area contributed by atoms with Crippen LogP contribution in [0.1, 0.15) is 19.8 Å². The maximum absolute atomic E-state index is 10.6. The van der Waals surface area contributed by atoms with Crippen LogP contribution in [0.15, 0.2) is 12.3 Å². The first kappa shape index (κ1) is 8.88. The number of ketones is 2. The van der Waals surface area contributed by atoms with E-state index in [-0.39, 0.29) is 30.2 Å². The highest BCUT2D eigenvalue weighted by atomic mass is 16.3. The van der Waals surface area contributed by atoms with Crippen molar-refractivity contribution in [1.29, 1.82) is 0 Å². The summed E-state index contributed by atoms with van der Waals surface area (Å²) < 4.78 is 0. The maximum atomic E-state index is 10.6. The van der Waals surface area contributed by atoms with Crippen LogP contribution in [0.5, 0.6) is 0 Å². The van der Waals surface area contributed by atoms with Crippen LogP contribution in [0.2, 0.25) is 0 Å². The van der Waals surface area contributed by atoms with Crippen LogP contribution < -0.4 is 0 Å². The Bertz CT molecular complexity index is 152. The molecule has 0 aromatic heterocycles. The van der Waals surface area contributed by atoms with Crippen LogP contribution in [-0.2, 0) is 9.59 Å². The van der Waals surface area contributed by atoms with Gasteiger partial charge in [-0.2, -0.15) is 0 Å². The number of aliphatic hydroxyl groups excluding tert-OH is 1. The van der Waals surface area contributed by atoms with Gasteiger partial charge in [0.2, 0.25) is 0 Å². The summed E-state index contributed by atoms with van der Waals surface area (Å²) in [4.78, 5) is 20.9. The van der Waals surface area contributed by atoms with Gasteiger partial charge in [-0.1, -0.05) is 6.58 Å². The lowest BCUT2D eigenvalue weighted by Gasteiger charge is -1.94. The van der Waals surface area contributed by atoms with Gasteiger partial charge in [0.1, 0.15) is 11.6 Å². The second-order valence-corrected chi connectivity index (χ2v) is 2.16. The Morgan fingerprint density at radius 1 is 1.40 bits per heavy atom. The molecule has 0 aromatic carbocycles. The minimum Gasteiger partial charge on any atom is -0.512 e. The number of hydrogen-bond donors (Lipinski definition) is 1. The molecule has 0 amide bonds. The number of rotatable bonds is 4. The molecule has 0 saturated heterocycles. The molecule has 0 aliphatic carbocycles. The molecular formula is C7H10O3. The van der Waals surface area contributed by atoms with Gasteiger partial charge in [-0.25, -0.2) is 0 Å². The van der Waals surface area contributed by atoms with E-state index in [4.69, 9.17) is 5.11 Å². The largest absolute Gasteiger partial charge is 0.512 e. The average Bonchev–Trinajstić information content (AvgIpc) is 1.58. The minimum atomic E-state index is -0.292. The molecule has 0 bridgehead atoms. The van der Waals surface area contributed by atoms with Crippen molar-refractivity contribution < 1.29 is 14.7 Å². The summed E-state index contributed by atoms with van der Waals surface area (Å²) in [6, 6.07) is 0. The van der Waals surface area contributed by atoms with Crippen LogP contribution in [-0.4, -0.2) is 16.7 Å². The van der Waals surface area contributed by atoms with Crippen molar-refractivity contribution in [3.63, 3.8) is 0 Å². The van der Waals surface area contributed by atoms with Crippen molar-refractivity contribution >= 4 is 11.6 Å². The fourth-order valence-corrected chi connectivity index (χ4v) is 0.568. The molecule has 0 atom stereocenters. The second-order valence-electron chi connectivity index (χ2n) is 2.16. The molecule has 3 heteroatoms. The Hall–Kier alpha value is -1.12. The van der Waals surface area contributed by atoms with E-state index in [0.717, 1.165) is 0 Å². The van der Waals surface area contributed by atoms with E-state index in [1.807, 2.05) is 0 Å². The standard InChI is InChI=1S/C7H10O3/c1-5(8)3-7(10)4-6(2)9/h8H,1,3-4H2,2H3. The zero-order chi connectivity index (χ0) is 8.15. The van der Waals surface area contributed by atoms with Gasteiger partial charge in [-0.05, 0) is 6.92 Å². The lowest BCUT2D eigenvalue weighted by atomic mass is 10.1. The van der Waals surface area contributed by atoms with Gasteiger partial charge in [0, 0.05) is 0 Å². The van der Waals surface area contributed by atoms with E-state index in [0.29, 0.717) is 0 Å². The number of carbonyl (C=O) groups is 2. The molecule has 0 saturated carbocycles. The summed E-state index contributed by atoms with van der Waals surface area (Å²) in [7, 11) is 0. The van der Waals surface area contributed by atoms with Crippen LogP contribution in [0.25, 0.3) is 0 Å². The zero-order valence-electron chi connectivity index (χ0n) is 5.89. The summed E-state index contributed by atoms with van der Waals surface area (Å²) in [5.41, 5.74) is 0. The third-order valence-corrected chi connectivity index (χ3v) is 0.847. The maximum Gasteiger partial charge on any atom is 0.147 e. The Labute approximate surface area is 59.4 Å². The summed E-state index contributed by atoms with van der Waals surface area (Å²) in [5, 5.41) is 8.51. The molecule has 0 fully saturated rings. The summed E-state index contributed by atoms with van der Waals surface area (Å²) >= 11 is 0. The molecule has 0 unspecified atom stereocenters. The number of carbonyl (C=O) groups excluding carboxylic acids is 2. The summed E-state index contributed by atoms with van der Waals surface area (Å²) in [5.74, 6) is -0.669. The minimum absolute atomic E-state index is 0.112. The monoisotopic (exact) mass is 142 g/mol. The summed E-state index contributed by atoms with van der Waals surface area (Å²) in [6.45, 7) is 4.46. The third-order valence-electron chi connectivity index (χ3n) is 0.847. The van der Waals surface area contributed by atoms with E-state index < -0.39 is 0 Å². The van der Waals surface area contributed by atoms with E-state index >= 15 is 0 Å². The van der Waals surface area contributed by atoms with Crippen LogP contribution in [0.4, 0.5) is 0 Å². The van der Waals surface area contributed by atoms with E-state index in [1.54, 1.807) is 0 Å². The molecule has 0 radical (unpaired) electrons. The van der Waals surface area contributed by atoms with Gasteiger partial charge < -0.3 is 5.11 Å². The van der Waals surface area contributed by atoms with Gasteiger partial charge in [0.05, 0.1) is 18.6 Å². The Balaban J connectivity index is 3.65. The molecular weight excluding hydrogens is 132 g/mol. The quantitative estimate of drug-likeness (QED) is 0.470. The van der Waals surface area contributed by atoms with E-state index in [2.05, 4.69) is 6.58 Å². The molecule has 0 heterocycles.